The SMILES string of the molecule is CCOc1c(C)c(C/C=C(\C)[C@H](C/C=C(\C)CC/C=C(\C)CC/C=C(\C)CC/C=C(\C)CC/C=C(\C)CCC=C(C)C)S(=O)(=O)c2ccccc2)c(OCC)c2ccccc12. The molecule has 61 heavy (non-hydrogen) atoms. The first kappa shape index (κ1) is 51.0. The molecule has 0 N–H and O–H groups in total. The zero-order chi connectivity index (χ0) is 44.8. The van der Waals surface area contributed by atoms with Gasteiger partial charge >= 0.3 is 0 Å². The molecule has 0 radical (unpaired) electrons. The van der Waals surface area contributed by atoms with E-state index in [2.05, 4.69) is 110 Å². The Kier molecular flexibility index (Phi) is 22.5. The van der Waals surface area contributed by atoms with Crippen LogP contribution >= 0.6 is 0 Å². The summed E-state index contributed by atoms with van der Waals surface area (Å²) >= 11 is 0. The lowest BCUT2D eigenvalue weighted by Crippen LogP contribution is -2.22. The lowest BCUT2D eigenvalue weighted by atomic mass is 9.95. The predicted octanol–water partition coefficient (Wildman–Crippen LogP) is 16.3. The third-order valence-electron chi connectivity index (χ3n) is 11.5. The first-order valence-corrected chi connectivity index (χ1v) is 24.4. The number of hydrogen-bond acceptors (Lipinski definition) is 4. The lowest BCUT2D eigenvalue weighted by molar-refractivity contribution is 0.332. The van der Waals surface area contributed by atoms with Crippen molar-refractivity contribution < 1.29 is 17.9 Å². The van der Waals surface area contributed by atoms with E-state index < -0.39 is 15.1 Å². The van der Waals surface area contributed by atoms with Gasteiger partial charge in [0, 0.05) is 16.3 Å². The molecule has 1 atom stereocenters. The summed E-state index contributed by atoms with van der Waals surface area (Å²) in [4.78, 5) is 0.351. The van der Waals surface area contributed by atoms with E-state index in [1.54, 1.807) is 24.3 Å². The van der Waals surface area contributed by atoms with E-state index in [9.17, 15) is 8.42 Å². The molecular weight excluding hydrogens is 769 g/mol. The van der Waals surface area contributed by atoms with E-state index in [-0.39, 0.29) is 0 Å². The highest BCUT2D eigenvalue weighted by Gasteiger charge is 2.28. The van der Waals surface area contributed by atoms with Gasteiger partial charge in [0.2, 0.25) is 0 Å². The maximum Gasteiger partial charge on any atom is 0.185 e. The monoisotopic (exact) mass is 847 g/mol. The topological polar surface area (TPSA) is 52.6 Å². The van der Waals surface area contributed by atoms with Gasteiger partial charge in [-0.2, -0.15) is 0 Å². The van der Waals surface area contributed by atoms with E-state index in [4.69, 9.17) is 9.47 Å². The van der Waals surface area contributed by atoms with Crippen molar-refractivity contribution in [1.82, 2.24) is 0 Å². The molecule has 0 amide bonds. The van der Waals surface area contributed by atoms with Crippen LogP contribution in [-0.2, 0) is 16.3 Å². The van der Waals surface area contributed by atoms with Gasteiger partial charge in [-0.3, -0.25) is 0 Å². The van der Waals surface area contributed by atoms with Gasteiger partial charge in [0.25, 0.3) is 0 Å². The summed E-state index contributed by atoms with van der Waals surface area (Å²) in [5.41, 5.74) is 11.3. The van der Waals surface area contributed by atoms with E-state index >= 15 is 0 Å². The number of benzene rings is 3. The molecule has 0 aromatic heterocycles. The number of ether oxygens (including phenoxy) is 2. The van der Waals surface area contributed by atoms with Crippen LogP contribution in [0.3, 0.4) is 0 Å². The Bertz CT molecular complexity index is 2170. The molecule has 0 aliphatic rings. The summed E-state index contributed by atoms with van der Waals surface area (Å²) in [6, 6.07) is 17.1. The zero-order valence-electron chi connectivity index (χ0n) is 39.8. The van der Waals surface area contributed by atoms with Gasteiger partial charge in [-0.1, -0.05) is 124 Å². The van der Waals surface area contributed by atoms with Gasteiger partial charge in [-0.15, -0.1) is 0 Å². The van der Waals surface area contributed by atoms with Gasteiger partial charge in [0.15, 0.2) is 9.84 Å². The first-order valence-electron chi connectivity index (χ1n) is 22.9. The average molecular weight is 847 g/mol. The minimum Gasteiger partial charge on any atom is -0.493 e. The van der Waals surface area contributed by atoms with Crippen molar-refractivity contribution in [3.63, 3.8) is 0 Å². The van der Waals surface area contributed by atoms with Crippen LogP contribution in [0.25, 0.3) is 10.8 Å². The summed E-state index contributed by atoms with van der Waals surface area (Å²) in [6.45, 7) is 24.6. The second-order valence-electron chi connectivity index (χ2n) is 17.1. The van der Waals surface area contributed by atoms with Crippen LogP contribution < -0.4 is 9.47 Å². The highest BCUT2D eigenvalue weighted by molar-refractivity contribution is 7.92. The van der Waals surface area contributed by atoms with Crippen LogP contribution in [0, 0.1) is 6.92 Å². The fourth-order valence-electron chi connectivity index (χ4n) is 7.75. The minimum atomic E-state index is -3.65. The molecule has 0 saturated heterocycles. The molecule has 332 valence electrons. The van der Waals surface area contributed by atoms with Gasteiger partial charge < -0.3 is 9.47 Å². The number of fused-ring (bicyclic) bond motifs is 1. The fourth-order valence-corrected chi connectivity index (χ4v) is 9.55. The molecule has 3 rings (SSSR count). The molecule has 0 bridgehead atoms. The minimum absolute atomic E-state index is 0.351. The molecule has 5 heteroatoms. The lowest BCUT2D eigenvalue weighted by Gasteiger charge is -2.21. The zero-order valence-corrected chi connectivity index (χ0v) is 40.6. The summed E-state index contributed by atoms with van der Waals surface area (Å²) in [5.74, 6) is 1.69. The Morgan fingerprint density at radius 2 is 0.951 bits per heavy atom. The summed E-state index contributed by atoms with van der Waals surface area (Å²) in [7, 11) is -3.65. The Morgan fingerprint density at radius 1 is 0.541 bits per heavy atom. The summed E-state index contributed by atoms with van der Waals surface area (Å²) < 4.78 is 41.0. The van der Waals surface area contributed by atoms with Crippen molar-refractivity contribution in [2.45, 2.75) is 163 Å². The first-order chi connectivity index (χ1) is 29.2. The Morgan fingerprint density at radius 3 is 1.41 bits per heavy atom. The van der Waals surface area contributed by atoms with Crippen molar-refractivity contribution in [3.05, 3.63) is 147 Å². The molecule has 0 aliphatic heterocycles. The largest absolute Gasteiger partial charge is 0.493 e. The third kappa shape index (κ3) is 17.1. The Hall–Kier alpha value is -4.35. The van der Waals surface area contributed by atoms with Crippen LogP contribution in [0.4, 0.5) is 0 Å². The fraction of sp³-hybridized carbons (Fsp3) is 0.464. The van der Waals surface area contributed by atoms with Crippen molar-refractivity contribution in [3.8, 4) is 11.5 Å². The Balaban J connectivity index is 1.63. The number of allylic oxidation sites excluding steroid dienone is 13. The van der Waals surface area contributed by atoms with Crippen molar-refractivity contribution >= 4 is 20.6 Å². The van der Waals surface area contributed by atoms with Gasteiger partial charge in [-0.25, -0.2) is 8.42 Å². The van der Waals surface area contributed by atoms with Gasteiger partial charge in [-0.05, 0) is 171 Å². The molecular formula is C56H78O4S. The van der Waals surface area contributed by atoms with Crippen molar-refractivity contribution in [2.75, 3.05) is 13.2 Å². The van der Waals surface area contributed by atoms with E-state index in [0.717, 1.165) is 103 Å². The van der Waals surface area contributed by atoms with E-state index in [1.807, 2.05) is 39.0 Å². The van der Waals surface area contributed by atoms with Crippen molar-refractivity contribution in [1.29, 1.82) is 0 Å². The van der Waals surface area contributed by atoms with Crippen LogP contribution in [0.5, 0.6) is 11.5 Å². The smallest absolute Gasteiger partial charge is 0.185 e. The molecule has 0 fully saturated rings. The quantitative estimate of drug-likeness (QED) is 0.0755. The number of hydrogen-bond donors (Lipinski definition) is 0. The standard InChI is InChI=1S/C56H78O4S/c1-12-59-55-49(11)51(56(60-13-2)53-37-18-17-36-52(53)55)40-39-48(10)54(61(57,58)50-34-15-14-16-35-50)41-38-47(9)33-23-32-46(8)31-22-30-45(7)29-21-28-44(6)27-20-26-43(5)25-19-24-42(3)4/h14-18,24,26,28,30,32,34-39,54H,12-13,19-23,25,27,29,31,33,40-41H2,1-11H3/b43-26+,44-28+,45-30+,46-32+,47-38+,48-39+/t54-/m0/s1. The maximum absolute atomic E-state index is 14.3. The molecule has 0 aliphatic carbocycles. The summed E-state index contributed by atoms with van der Waals surface area (Å²) in [5, 5.41) is 1.34. The molecule has 0 unspecified atom stereocenters. The van der Waals surface area contributed by atoms with Crippen LogP contribution in [-0.4, -0.2) is 26.9 Å². The number of rotatable bonds is 26. The van der Waals surface area contributed by atoms with Gasteiger partial charge in [0.1, 0.15) is 11.5 Å². The second kappa shape index (κ2) is 26.9. The molecule has 0 spiro atoms. The number of sulfone groups is 1. The molecule has 3 aromatic rings. The van der Waals surface area contributed by atoms with Gasteiger partial charge in [0.05, 0.1) is 23.4 Å². The maximum atomic E-state index is 14.3. The molecule has 4 nitrogen and oxygen atoms in total. The van der Waals surface area contributed by atoms with E-state index in [0.29, 0.717) is 31.0 Å². The third-order valence-corrected chi connectivity index (χ3v) is 13.8. The predicted molar refractivity (Wildman–Crippen MR) is 265 cm³/mol. The van der Waals surface area contributed by atoms with Crippen LogP contribution in [0.15, 0.2) is 141 Å². The highest BCUT2D eigenvalue weighted by atomic mass is 32.2. The molecule has 0 saturated carbocycles. The van der Waals surface area contributed by atoms with E-state index in [1.165, 1.54) is 33.4 Å². The Labute approximate surface area is 372 Å². The highest BCUT2D eigenvalue weighted by Crippen LogP contribution is 2.41. The summed E-state index contributed by atoms with van der Waals surface area (Å²) in [6.07, 6.45) is 27.9. The average Bonchev–Trinajstić information content (AvgIpc) is 3.22. The molecule has 0 heterocycles. The van der Waals surface area contributed by atoms with Crippen molar-refractivity contribution in [2.24, 2.45) is 0 Å². The van der Waals surface area contributed by atoms with Crippen LogP contribution in [0.2, 0.25) is 0 Å². The molecule has 3 aromatic carbocycles. The normalized spacial score (nSPS) is 14.1. The van der Waals surface area contributed by atoms with Crippen LogP contribution in [0.1, 0.15) is 151 Å². The second-order valence-corrected chi connectivity index (χ2v) is 19.3.